The maximum absolute atomic E-state index is 11.7. The molecule has 5 atom stereocenters. The van der Waals surface area contributed by atoms with E-state index in [-0.39, 0.29) is 6.04 Å². The number of fused-ring (bicyclic) bond motifs is 4. The number of hydrogen-bond acceptors (Lipinski definition) is 2. The molecule has 3 aliphatic rings. The van der Waals surface area contributed by atoms with E-state index in [4.69, 9.17) is 0 Å². The summed E-state index contributed by atoms with van der Waals surface area (Å²) < 4.78 is 0.953. The normalized spacial score (nSPS) is 29.6. The van der Waals surface area contributed by atoms with Crippen LogP contribution in [0.1, 0.15) is 30.1 Å². The lowest BCUT2D eigenvalue weighted by atomic mass is 9.71. The molecule has 3 aliphatic heterocycles. The van der Waals surface area contributed by atoms with Crippen molar-refractivity contribution in [3.63, 3.8) is 0 Å². The number of rotatable bonds is 5. The summed E-state index contributed by atoms with van der Waals surface area (Å²) in [4.78, 5) is 4.50. The molecule has 3 fully saturated rings. The van der Waals surface area contributed by atoms with E-state index in [0.717, 1.165) is 47.0 Å². The number of nitrogens with zero attached hydrogens (tertiary/aromatic N) is 2. The van der Waals surface area contributed by atoms with Gasteiger partial charge in [0, 0.05) is 35.9 Å². The fourth-order valence-corrected chi connectivity index (χ4v) is 5.91. The van der Waals surface area contributed by atoms with Gasteiger partial charge in [0.1, 0.15) is 18.7 Å². The van der Waals surface area contributed by atoms with Crippen molar-refractivity contribution in [2.45, 2.75) is 31.5 Å². The highest BCUT2D eigenvalue weighted by Crippen LogP contribution is 2.47. The van der Waals surface area contributed by atoms with Crippen LogP contribution in [-0.2, 0) is 6.54 Å². The first-order valence-electron chi connectivity index (χ1n) is 10.7. The van der Waals surface area contributed by atoms with E-state index >= 15 is 0 Å². The third kappa shape index (κ3) is 3.19. The minimum Gasteiger partial charge on any atom is -0.382 e. The molecule has 0 spiro atoms. The first-order valence-corrected chi connectivity index (χ1v) is 10.7. The van der Waals surface area contributed by atoms with Gasteiger partial charge in [0.25, 0.3) is 0 Å². The van der Waals surface area contributed by atoms with Gasteiger partial charge < -0.3 is 9.59 Å². The summed E-state index contributed by atoms with van der Waals surface area (Å²) in [7, 11) is 0. The van der Waals surface area contributed by atoms with Crippen LogP contribution in [0.3, 0.4) is 0 Å². The predicted molar refractivity (Wildman–Crippen MR) is 117 cm³/mol. The molecule has 0 radical (unpaired) electrons. The maximum atomic E-state index is 11.7. The molecule has 3 aromatic rings. The minimum absolute atomic E-state index is 0.205. The first kappa shape index (κ1) is 18.5. The lowest BCUT2D eigenvalue weighted by Crippen LogP contribution is -2.67. The number of para-hydroxylation sites is 1. The second-order valence-corrected chi connectivity index (χ2v) is 8.88. The number of pyridine rings is 1. The second-order valence-electron chi connectivity index (χ2n) is 8.88. The number of aliphatic hydroxyl groups is 1. The molecule has 3 heteroatoms. The Morgan fingerprint density at radius 3 is 2.72 bits per heavy atom. The van der Waals surface area contributed by atoms with Gasteiger partial charge in [-0.2, -0.15) is 0 Å². The fraction of sp³-hybridized carbons (Fsp3) is 0.346. The average Bonchev–Trinajstić information content (AvgIpc) is 2.78. The highest BCUT2D eigenvalue weighted by molar-refractivity contribution is 5.82. The van der Waals surface area contributed by atoms with Crippen LogP contribution in [0.2, 0.25) is 0 Å². The number of hydrogen-bond donors (Lipinski definition) is 1. The van der Waals surface area contributed by atoms with Crippen molar-refractivity contribution in [2.24, 2.45) is 11.8 Å². The third-order valence-corrected chi connectivity index (χ3v) is 7.38. The van der Waals surface area contributed by atoms with Gasteiger partial charge in [0.05, 0.1) is 18.6 Å². The van der Waals surface area contributed by atoms with Gasteiger partial charge in [0.2, 0.25) is 0 Å². The molecule has 1 N–H and O–H groups in total. The molecule has 0 saturated carbocycles. The molecule has 0 amide bonds. The molecule has 2 bridgehead atoms. The zero-order valence-corrected chi connectivity index (χ0v) is 16.8. The third-order valence-electron chi connectivity index (χ3n) is 7.38. The van der Waals surface area contributed by atoms with Crippen LogP contribution in [0.4, 0.5) is 0 Å². The Morgan fingerprint density at radius 1 is 1.10 bits per heavy atom. The molecular weight excluding hydrogens is 356 g/mol. The lowest BCUT2D eigenvalue weighted by Gasteiger charge is -2.58. The van der Waals surface area contributed by atoms with Crippen LogP contribution in [0.25, 0.3) is 10.9 Å². The summed E-state index contributed by atoms with van der Waals surface area (Å²) in [5, 5.41) is 12.8. The number of piperidine rings is 3. The van der Waals surface area contributed by atoms with Crippen LogP contribution in [-0.4, -0.2) is 33.7 Å². The van der Waals surface area contributed by atoms with Crippen molar-refractivity contribution in [3.8, 4) is 0 Å². The van der Waals surface area contributed by atoms with Gasteiger partial charge in [-0.05, 0) is 23.6 Å². The van der Waals surface area contributed by atoms with Crippen LogP contribution in [0.15, 0.2) is 79.5 Å². The van der Waals surface area contributed by atoms with Crippen molar-refractivity contribution in [1.29, 1.82) is 0 Å². The van der Waals surface area contributed by atoms with E-state index in [0.29, 0.717) is 11.8 Å². The molecule has 4 heterocycles. The maximum Gasteiger partial charge on any atom is 0.131 e. The molecule has 3 nitrogen and oxygen atoms in total. The monoisotopic (exact) mass is 385 g/mol. The molecule has 148 valence electrons. The first-order chi connectivity index (χ1) is 14.2. The summed E-state index contributed by atoms with van der Waals surface area (Å²) in [6, 6.07) is 21.2. The van der Waals surface area contributed by atoms with E-state index in [9.17, 15) is 5.11 Å². The largest absolute Gasteiger partial charge is 0.382 e. The Kier molecular flexibility index (Phi) is 4.73. The Balaban J connectivity index is 1.56. The van der Waals surface area contributed by atoms with E-state index in [1.54, 1.807) is 0 Å². The molecule has 2 aromatic carbocycles. The van der Waals surface area contributed by atoms with Gasteiger partial charge in [-0.25, -0.2) is 0 Å². The van der Waals surface area contributed by atoms with Crippen LogP contribution in [0, 0.1) is 11.8 Å². The predicted octanol–water partition coefficient (Wildman–Crippen LogP) is 4.88. The second kappa shape index (κ2) is 7.40. The zero-order valence-electron chi connectivity index (χ0n) is 16.8. The summed E-state index contributed by atoms with van der Waals surface area (Å²) in [5.41, 5.74) is 3.33. The van der Waals surface area contributed by atoms with Crippen LogP contribution >= 0.6 is 0 Å². The topological polar surface area (TPSA) is 33.1 Å². The number of aliphatic hydroxyl groups excluding tert-OH is 1. The molecular formula is C26H29N2O+. The molecule has 3 saturated heterocycles. The number of benzene rings is 2. The van der Waals surface area contributed by atoms with Crippen molar-refractivity contribution in [3.05, 3.63) is 90.6 Å². The quantitative estimate of drug-likeness (QED) is 0.502. The van der Waals surface area contributed by atoms with E-state index < -0.39 is 6.10 Å². The lowest BCUT2D eigenvalue weighted by molar-refractivity contribution is -0.984. The summed E-state index contributed by atoms with van der Waals surface area (Å²) in [6.07, 6.45) is 5.79. The van der Waals surface area contributed by atoms with Crippen molar-refractivity contribution in [2.75, 3.05) is 13.1 Å². The highest BCUT2D eigenvalue weighted by Gasteiger charge is 2.53. The van der Waals surface area contributed by atoms with Gasteiger partial charge in [0.15, 0.2) is 0 Å². The molecule has 1 aromatic heterocycles. The van der Waals surface area contributed by atoms with Gasteiger partial charge in [-0.3, -0.25) is 4.98 Å². The summed E-state index contributed by atoms with van der Waals surface area (Å²) >= 11 is 0. The summed E-state index contributed by atoms with van der Waals surface area (Å²) in [6.45, 7) is 7.32. The van der Waals surface area contributed by atoms with Crippen molar-refractivity contribution >= 4 is 10.9 Å². The van der Waals surface area contributed by atoms with Crippen LogP contribution in [0.5, 0.6) is 0 Å². The van der Waals surface area contributed by atoms with E-state index in [2.05, 4.69) is 54.0 Å². The minimum atomic E-state index is -0.486. The van der Waals surface area contributed by atoms with Crippen molar-refractivity contribution in [1.82, 2.24) is 4.98 Å². The number of quaternary nitrogens is 1. The van der Waals surface area contributed by atoms with Gasteiger partial charge >= 0.3 is 0 Å². The van der Waals surface area contributed by atoms with E-state index in [1.807, 2.05) is 30.5 Å². The summed E-state index contributed by atoms with van der Waals surface area (Å²) in [5.74, 6) is 1.18. The average molecular weight is 386 g/mol. The highest BCUT2D eigenvalue weighted by atomic mass is 16.3. The number of aromatic nitrogens is 1. The van der Waals surface area contributed by atoms with Gasteiger partial charge in [-0.15, -0.1) is 6.58 Å². The standard InChI is InChI=1S/C26H29N2O/c1-2-20-18-28(17-19-8-4-3-5-9-19)15-13-21(20)16-25(28)26(29)23-12-14-27-24-11-7-6-10-22(23)24/h2-12,14,20-21,25-26,29H,1,13,15-18H2/q+1/t20-,21+,25+,26+,28+/m1/s1. The molecule has 29 heavy (non-hydrogen) atoms. The molecule has 0 unspecified atom stereocenters. The Morgan fingerprint density at radius 2 is 1.90 bits per heavy atom. The Hall–Kier alpha value is -2.49. The molecule has 0 aliphatic carbocycles. The molecule has 6 rings (SSSR count). The van der Waals surface area contributed by atoms with Gasteiger partial charge in [-0.1, -0.05) is 54.6 Å². The SMILES string of the molecule is C=C[C@@H]1C[N@@+]2(Cc3ccccc3)CC[C@H]1C[C@H]2[C@@H](O)c1ccnc2ccccc12. The zero-order chi connectivity index (χ0) is 19.8. The van der Waals surface area contributed by atoms with Crippen LogP contribution < -0.4 is 0 Å². The fourth-order valence-electron chi connectivity index (χ4n) is 5.91. The van der Waals surface area contributed by atoms with Crippen molar-refractivity contribution < 1.29 is 9.59 Å². The Labute approximate surface area is 172 Å². The Bertz CT molecular complexity index is 1010. The van der Waals surface area contributed by atoms with E-state index in [1.165, 1.54) is 12.0 Å². The smallest absolute Gasteiger partial charge is 0.131 e.